The van der Waals surface area contributed by atoms with E-state index in [1.165, 1.54) is 38.6 Å². The van der Waals surface area contributed by atoms with Crippen LogP contribution in [0.3, 0.4) is 0 Å². The Balaban J connectivity index is 1.27. The summed E-state index contributed by atoms with van der Waals surface area (Å²) in [7, 11) is 1.29. The molecule has 0 radical (unpaired) electrons. The molecule has 0 aromatic carbocycles. The molecule has 1 aliphatic carbocycles. The van der Waals surface area contributed by atoms with Crippen molar-refractivity contribution in [3.8, 4) is 0 Å². The average Bonchev–Trinajstić information content (AvgIpc) is 2.91. The van der Waals surface area contributed by atoms with Gasteiger partial charge in [0.15, 0.2) is 0 Å². The lowest BCUT2D eigenvalue weighted by Gasteiger charge is -2.40. The number of aromatic nitrogens is 1. The van der Waals surface area contributed by atoms with Crippen LogP contribution >= 0.6 is 0 Å². The molecule has 0 N–H and O–H groups in total. The second-order valence-corrected chi connectivity index (χ2v) is 8.13. The minimum Gasteiger partial charge on any atom is -0.464 e. The van der Waals surface area contributed by atoms with Gasteiger partial charge in [-0.3, -0.25) is 14.5 Å². The van der Waals surface area contributed by atoms with Crippen molar-refractivity contribution < 1.29 is 19.1 Å². The van der Waals surface area contributed by atoms with Crippen LogP contribution in [0, 0.1) is 5.92 Å². The molecule has 3 aliphatic rings. The fourth-order valence-corrected chi connectivity index (χ4v) is 4.26. The molecule has 0 atom stereocenters. The van der Waals surface area contributed by atoms with E-state index >= 15 is 0 Å². The molecule has 0 spiro atoms. The van der Waals surface area contributed by atoms with Crippen LogP contribution < -0.4 is 0 Å². The number of amides is 2. The molecule has 1 saturated carbocycles. The van der Waals surface area contributed by atoms with Gasteiger partial charge in [-0.25, -0.2) is 9.78 Å². The monoisotopic (exact) mass is 400 g/mol. The summed E-state index contributed by atoms with van der Waals surface area (Å²) in [4.78, 5) is 47.0. The minimum absolute atomic E-state index is 0.114. The normalized spacial score (nSPS) is 21.1. The Morgan fingerprint density at radius 1 is 1.00 bits per heavy atom. The SMILES string of the molecule is COC(=O)c1ccc(C(=O)N2CC(C(=O)N3CCCN(C4CCC4)CC3)C2)cn1. The Bertz CT molecular complexity index is 771. The first-order chi connectivity index (χ1) is 14.1. The highest BCUT2D eigenvalue weighted by molar-refractivity contribution is 5.96. The van der Waals surface area contributed by atoms with Crippen LogP contribution in [-0.2, 0) is 9.53 Å². The second-order valence-electron chi connectivity index (χ2n) is 8.13. The van der Waals surface area contributed by atoms with Crippen LogP contribution in [0.5, 0.6) is 0 Å². The zero-order valence-corrected chi connectivity index (χ0v) is 16.9. The van der Waals surface area contributed by atoms with Crippen molar-refractivity contribution in [2.24, 2.45) is 5.92 Å². The van der Waals surface area contributed by atoms with Gasteiger partial charge in [-0.15, -0.1) is 0 Å². The molecule has 0 bridgehead atoms. The third-order valence-corrected chi connectivity index (χ3v) is 6.36. The minimum atomic E-state index is -0.535. The van der Waals surface area contributed by atoms with Gasteiger partial charge in [0.25, 0.3) is 5.91 Å². The number of hydrogen-bond acceptors (Lipinski definition) is 6. The second kappa shape index (κ2) is 8.49. The lowest BCUT2D eigenvalue weighted by Crippen LogP contribution is -2.56. The maximum Gasteiger partial charge on any atom is 0.356 e. The third-order valence-electron chi connectivity index (χ3n) is 6.36. The van der Waals surface area contributed by atoms with Gasteiger partial charge in [0.1, 0.15) is 5.69 Å². The molecule has 0 unspecified atom stereocenters. The number of nitrogens with zero attached hydrogens (tertiary/aromatic N) is 4. The number of rotatable bonds is 4. The zero-order valence-electron chi connectivity index (χ0n) is 16.9. The summed E-state index contributed by atoms with van der Waals surface area (Å²) in [6.45, 7) is 4.53. The number of hydrogen-bond donors (Lipinski definition) is 0. The Morgan fingerprint density at radius 2 is 1.79 bits per heavy atom. The van der Waals surface area contributed by atoms with Crippen molar-refractivity contribution in [1.29, 1.82) is 0 Å². The highest BCUT2D eigenvalue weighted by Crippen LogP contribution is 2.26. The van der Waals surface area contributed by atoms with E-state index in [1.807, 2.05) is 4.90 Å². The Hall–Kier alpha value is -2.48. The topological polar surface area (TPSA) is 83.0 Å². The van der Waals surface area contributed by atoms with Crippen LogP contribution in [0.2, 0.25) is 0 Å². The van der Waals surface area contributed by atoms with Gasteiger partial charge in [-0.05, 0) is 31.4 Å². The van der Waals surface area contributed by atoms with E-state index in [9.17, 15) is 14.4 Å². The molecular formula is C21H28N4O4. The summed E-state index contributed by atoms with van der Waals surface area (Å²) in [5.74, 6) is -0.642. The molecule has 1 aromatic rings. The summed E-state index contributed by atoms with van der Waals surface area (Å²) in [5, 5.41) is 0. The molecule has 2 saturated heterocycles. The van der Waals surface area contributed by atoms with E-state index in [4.69, 9.17) is 0 Å². The van der Waals surface area contributed by atoms with Crippen molar-refractivity contribution >= 4 is 17.8 Å². The van der Waals surface area contributed by atoms with Gasteiger partial charge < -0.3 is 14.5 Å². The standard InChI is InChI=1S/C21H28N4O4/c1-29-21(28)18-7-6-15(12-22-18)19(26)25-13-16(14-25)20(27)24-9-3-8-23(10-11-24)17-4-2-5-17/h6-7,12,16-17H,2-5,8-11,13-14H2,1H3. The summed E-state index contributed by atoms with van der Waals surface area (Å²) < 4.78 is 4.61. The maximum atomic E-state index is 12.9. The fourth-order valence-electron chi connectivity index (χ4n) is 4.26. The highest BCUT2D eigenvalue weighted by Gasteiger charge is 2.39. The first kappa shape index (κ1) is 19.8. The summed E-state index contributed by atoms with van der Waals surface area (Å²) in [5.41, 5.74) is 0.576. The van der Waals surface area contributed by atoms with E-state index in [2.05, 4.69) is 14.6 Å². The van der Waals surface area contributed by atoms with Gasteiger partial charge in [0.05, 0.1) is 18.6 Å². The number of carbonyl (C=O) groups excluding carboxylic acids is 3. The number of ether oxygens (including phenoxy) is 1. The van der Waals surface area contributed by atoms with Gasteiger partial charge in [-0.1, -0.05) is 6.42 Å². The third kappa shape index (κ3) is 4.12. The van der Waals surface area contributed by atoms with Gasteiger partial charge in [0, 0.05) is 51.5 Å². The van der Waals surface area contributed by atoms with E-state index in [1.54, 1.807) is 11.0 Å². The quantitative estimate of drug-likeness (QED) is 0.702. The molecule has 8 heteroatoms. The maximum absolute atomic E-state index is 12.9. The average molecular weight is 400 g/mol. The first-order valence-electron chi connectivity index (χ1n) is 10.4. The summed E-state index contributed by atoms with van der Waals surface area (Å²) in [6.07, 6.45) is 6.33. The molecule has 156 valence electrons. The molecule has 3 heterocycles. The molecule has 2 aliphatic heterocycles. The van der Waals surface area contributed by atoms with Crippen molar-refractivity contribution in [2.75, 3.05) is 46.4 Å². The zero-order chi connectivity index (χ0) is 20.4. The highest BCUT2D eigenvalue weighted by atomic mass is 16.5. The predicted octanol–water partition coefficient (Wildman–Crippen LogP) is 1.03. The Morgan fingerprint density at radius 3 is 2.41 bits per heavy atom. The van der Waals surface area contributed by atoms with E-state index in [0.29, 0.717) is 18.7 Å². The van der Waals surface area contributed by atoms with Gasteiger partial charge >= 0.3 is 5.97 Å². The summed E-state index contributed by atoms with van der Waals surface area (Å²) in [6, 6.07) is 3.77. The fraction of sp³-hybridized carbons (Fsp3) is 0.619. The van der Waals surface area contributed by atoms with Gasteiger partial charge in [-0.2, -0.15) is 0 Å². The molecule has 29 heavy (non-hydrogen) atoms. The Kier molecular flexibility index (Phi) is 5.80. The van der Waals surface area contributed by atoms with Gasteiger partial charge in [0.2, 0.25) is 5.91 Å². The Labute approximate surface area is 170 Å². The number of likely N-dealkylation sites (tertiary alicyclic amines) is 1. The number of methoxy groups -OCH3 is 1. The van der Waals surface area contributed by atoms with E-state index in [0.717, 1.165) is 38.6 Å². The molecule has 2 amide bonds. The number of esters is 1. The van der Waals surface area contributed by atoms with Crippen molar-refractivity contribution in [3.63, 3.8) is 0 Å². The first-order valence-corrected chi connectivity index (χ1v) is 10.4. The molecular weight excluding hydrogens is 372 g/mol. The van der Waals surface area contributed by atoms with E-state index < -0.39 is 5.97 Å². The lowest BCUT2D eigenvalue weighted by molar-refractivity contribution is -0.139. The van der Waals surface area contributed by atoms with Crippen molar-refractivity contribution in [3.05, 3.63) is 29.6 Å². The van der Waals surface area contributed by atoms with Crippen LogP contribution in [0.25, 0.3) is 0 Å². The predicted molar refractivity (Wildman–Crippen MR) is 105 cm³/mol. The van der Waals surface area contributed by atoms with E-state index in [-0.39, 0.29) is 23.4 Å². The lowest BCUT2D eigenvalue weighted by atomic mass is 9.91. The number of pyridine rings is 1. The molecule has 8 nitrogen and oxygen atoms in total. The van der Waals surface area contributed by atoms with Crippen molar-refractivity contribution in [2.45, 2.75) is 31.7 Å². The largest absolute Gasteiger partial charge is 0.464 e. The van der Waals surface area contributed by atoms with Crippen LogP contribution in [0.4, 0.5) is 0 Å². The van der Waals surface area contributed by atoms with Crippen molar-refractivity contribution in [1.82, 2.24) is 19.7 Å². The number of carbonyl (C=O) groups is 3. The van der Waals surface area contributed by atoms with Crippen LogP contribution in [0.1, 0.15) is 46.5 Å². The summed E-state index contributed by atoms with van der Waals surface area (Å²) >= 11 is 0. The molecule has 3 fully saturated rings. The van der Waals surface area contributed by atoms with Crippen LogP contribution in [-0.4, -0.2) is 89.9 Å². The molecule has 4 rings (SSSR count). The van der Waals surface area contributed by atoms with Crippen LogP contribution in [0.15, 0.2) is 18.3 Å². The smallest absolute Gasteiger partial charge is 0.356 e. The molecule has 1 aromatic heterocycles.